The molecular weight excluding hydrogens is 294 g/mol. The maximum atomic E-state index is 13.2. The number of hydrogen-bond acceptors (Lipinski definition) is 1. The van der Waals surface area contributed by atoms with Gasteiger partial charge in [0.25, 0.3) is 0 Å². The van der Waals surface area contributed by atoms with E-state index in [1.807, 2.05) is 19.2 Å². The molecule has 1 heterocycles. The Morgan fingerprint density at radius 3 is 2.88 bits per heavy atom. The topological polar surface area (TPSA) is 17.8 Å². The highest BCUT2D eigenvalue weighted by Crippen LogP contribution is 2.23. The lowest BCUT2D eigenvalue weighted by molar-refractivity contribution is 0.618. The van der Waals surface area contributed by atoms with Crippen molar-refractivity contribution in [3.05, 3.63) is 45.9 Å². The van der Waals surface area contributed by atoms with Gasteiger partial charge in [-0.25, -0.2) is 9.07 Å². The molecule has 2 aromatic rings. The van der Waals surface area contributed by atoms with Crippen molar-refractivity contribution < 1.29 is 4.39 Å². The molecule has 0 aliphatic carbocycles. The molecule has 1 aromatic heterocycles. The standard InChI is InChI=1S/C11H9BrClFN2/c1-7-4-10(14)9(12)5-11(7)16-3-2-8(6-13)15-16/h2-5H,6H2,1H3. The summed E-state index contributed by atoms with van der Waals surface area (Å²) < 4.78 is 15.4. The van der Waals surface area contributed by atoms with Gasteiger partial charge in [0.2, 0.25) is 0 Å². The van der Waals surface area contributed by atoms with Crippen LogP contribution in [-0.2, 0) is 5.88 Å². The van der Waals surface area contributed by atoms with Crippen molar-refractivity contribution in [3.8, 4) is 5.69 Å². The molecule has 0 spiro atoms. The second-order valence-corrected chi connectivity index (χ2v) is 4.56. The van der Waals surface area contributed by atoms with Crippen molar-refractivity contribution in [1.29, 1.82) is 0 Å². The smallest absolute Gasteiger partial charge is 0.137 e. The van der Waals surface area contributed by atoms with Crippen LogP contribution in [0.3, 0.4) is 0 Å². The lowest BCUT2D eigenvalue weighted by Gasteiger charge is -2.07. The maximum absolute atomic E-state index is 13.2. The average Bonchev–Trinajstić information content (AvgIpc) is 2.71. The van der Waals surface area contributed by atoms with Gasteiger partial charge in [0.15, 0.2) is 0 Å². The third kappa shape index (κ3) is 2.13. The molecule has 0 bridgehead atoms. The zero-order valence-electron chi connectivity index (χ0n) is 8.54. The van der Waals surface area contributed by atoms with Crippen molar-refractivity contribution in [2.24, 2.45) is 0 Å². The number of rotatable bonds is 2. The van der Waals surface area contributed by atoms with Crippen molar-refractivity contribution in [2.75, 3.05) is 0 Å². The second kappa shape index (κ2) is 4.55. The molecule has 5 heteroatoms. The average molecular weight is 304 g/mol. The molecule has 0 aliphatic heterocycles. The molecule has 84 valence electrons. The third-order valence-electron chi connectivity index (χ3n) is 2.27. The number of halogens is 3. The van der Waals surface area contributed by atoms with E-state index < -0.39 is 0 Å². The Hall–Kier alpha value is -0.870. The predicted molar refractivity (Wildman–Crippen MR) is 65.5 cm³/mol. The minimum atomic E-state index is -0.272. The fourth-order valence-corrected chi connectivity index (χ4v) is 1.92. The summed E-state index contributed by atoms with van der Waals surface area (Å²) in [5.41, 5.74) is 2.45. The quantitative estimate of drug-likeness (QED) is 0.771. The fraction of sp³-hybridized carbons (Fsp3) is 0.182. The molecule has 0 unspecified atom stereocenters. The first-order valence-electron chi connectivity index (χ1n) is 4.68. The number of benzene rings is 1. The van der Waals surface area contributed by atoms with Crippen LogP contribution in [0, 0.1) is 12.7 Å². The Bertz CT molecular complexity index is 525. The number of alkyl halides is 1. The number of aromatic nitrogens is 2. The third-order valence-corrected chi connectivity index (χ3v) is 3.15. The molecule has 0 radical (unpaired) electrons. The van der Waals surface area contributed by atoms with Crippen LogP contribution < -0.4 is 0 Å². The summed E-state index contributed by atoms with van der Waals surface area (Å²) in [6, 6.07) is 5.01. The molecule has 0 aliphatic rings. The van der Waals surface area contributed by atoms with Gasteiger partial charge in [-0.2, -0.15) is 5.10 Å². The number of nitrogens with zero attached hydrogens (tertiary/aromatic N) is 2. The van der Waals surface area contributed by atoms with Gasteiger partial charge in [0, 0.05) is 6.20 Å². The lowest BCUT2D eigenvalue weighted by atomic mass is 10.2. The molecule has 0 saturated heterocycles. The van der Waals surface area contributed by atoms with Crippen molar-refractivity contribution in [1.82, 2.24) is 9.78 Å². The first kappa shape index (κ1) is 11.6. The SMILES string of the molecule is Cc1cc(F)c(Br)cc1-n1ccc(CCl)n1. The molecule has 2 nitrogen and oxygen atoms in total. The maximum Gasteiger partial charge on any atom is 0.137 e. The molecule has 0 atom stereocenters. The predicted octanol–water partition coefficient (Wildman–Crippen LogP) is 3.82. The van der Waals surface area contributed by atoms with Crippen LogP contribution >= 0.6 is 27.5 Å². The highest BCUT2D eigenvalue weighted by atomic mass is 79.9. The monoisotopic (exact) mass is 302 g/mol. The van der Waals surface area contributed by atoms with Crippen LogP contribution in [0.5, 0.6) is 0 Å². The Morgan fingerprint density at radius 2 is 2.25 bits per heavy atom. The van der Waals surface area contributed by atoms with E-state index >= 15 is 0 Å². The largest absolute Gasteiger partial charge is 0.240 e. The minimum Gasteiger partial charge on any atom is -0.240 e. The van der Waals surface area contributed by atoms with Gasteiger partial charge >= 0.3 is 0 Å². The fourth-order valence-electron chi connectivity index (χ4n) is 1.45. The van der Waals surface area contributed by atoms with Crippen LogP contribution in [0.15, 0.2) is 28.9 Å². The van der Waals surface area contributed by atoms with Gasteiger partial charge < -0.3 is 0 Å². The summed E-state index contributed by atoms with van der Waals surface area (Å²) in [6.07, 6.45) is 1.81. The van der Waals surface area contributed by atoms with Crippen LogP contribution in [0.25, 0.3) is 5.69 Å². The summed E-state index contributed by atoms with van der Waals surface area (Å²) in [7, 11) is 0. The molecule has 0 amide bonds. The van der Waals surface area contributed by atoms with Crippen molar-refractivity contribution >= 4 is 27.5 Å². The molecule has 0 N–H and O–H groups in total. The summed E-state index contributed by atoms with van der Waals surface area (Å²) in [5.74, 6) is 0.0972. The molecule has 16 heavy (non-hydrogen) atoms. The van der Waals surface area contributed by atoms with Gasteiger partial charge in [-0.15, -0.1) is 11.6 Å². The number of aryl methyl sites for hydroxylation is 1. The van der Waals surface area contributed by atoms with Gasteiger partial charge in [-0.1, -0.05) is 0 Å². The van der Waals surface area contributed by atoms with E-state index in [4.69, 9.17) is 11.6 Å². The highest BCUT2D eigenvalue weighted by Gasteiger charge is 2.08. The van der Waals surface area contributed by atoms with E-state index in [1.54, 1.807) is 10.7 Å². The molecular formula is C11H9BrClFN2. The Kier molecular flexibility index (Phi) is 3.30. The lowest BCUT2D eigenvalue weighted by Crippen LogP contribution is -1.99. The summed E-state index contributed by atoms with van der Waals surface area (Å²) in [5, 5.41) is 4.27. The number of hydrogen-bond donors (Lipinski definition) is 0. The normalized spacial score (nSPS) is 10.8. The molecule has 1 aromatic carbocycles. The van der Waals surface area contributed by atoms with Gasteiger partial charge in [-0.05, 0) is 46.6 Å². The van der Waals surface area contributed by atoms with E-state index in [2.05, 4.69) is 21.0 Å². The summed E-state index contributed by atoms with van der Waals surface area (Å²) in [6.45, 7) is 1.84. The zero-order valence-corrected chi connectivity index (χ0v) is 10.9. The molecule has 0 saturated carbocycles. The van der Waals surface area contributed by atoms with E-state index in [0.717, 1.165) is 16.9 Å². The summed E-state index contributed by atoms with van der Waals surface area (Å²) in [4.78, 5) is 0. The van der Waals surface area contributed by atoms with E-state index in [9.17, 15) is 4.39 Å². The van der Waals surface area contributed by atoms with E-state index in [0.29, 0.717) is 10.4 Å². The van der Waals surface area contributed by atoms with Gasteiger partial charge in [-0.3, -0.25) is 0 Å². The van der Waals surface area contributed by atoms with Crippen LogP contribution in [0.2, 0.25) is 0 Å². The Balaban J connectivity index is 2.51. The van der Waals surface area contributed by atoms with Crippen LogP contribution in [-0.4, -0.2) is 9.78 Å². The van der Waals surface area contributed by atoms with Crippen molar-refractivity contribution in [3.63, 3.8) is 0 Å². The van der Waals surface area contributed by atoms with Gasteiger partial charge in [0.05, 0.1) is 21.7 Å². The van der Waals surface area contributed by atoms with Crippen molar-refractivity contribution in [2.45, 2.75) is 12.8 Å². The first-order valence-corrected chi connectivity index (χ1v) is 6.01. The van der Waals surface area contributed by atoms with Crippen LogP contribution in [0.1, 0.15) is 11.3 Å². The van der Waals surface area contributed by atoms with Gasteiger partial charge in [0.1, 0.15) is 5.82 Å². The minimum absolute atomic E-state index is 0.272. The Morgan fingerprint density at radius 1 is 1.50 bits per heavy atom. The summed E-state index contributed by atoms with van der Waals surface area (Å²) >= 11 is 8.84. The highest BCUT2D eigenvalue weighted by molar-refractivity contribution is 9.10. The van der Waals surface area contributed by atoms with E-state index in [-0.39, 0.29) is 5.82 Å². The Labute approximate surface area is 106 Å². The molecule has 2 rings (SSSR count). The van der Waals surface area contributed by atoms with Crippen LogP contribution in [0.4, 0.5) is 4.39 Å². The zero-order chi connectivity index (χ0) is 11.7. The molecule has 0 fully saturated rings. The second-order valence-electron chi connectivity index (χ2n) is 3.44. The van der Waals surface area contributed by atoms with E-state index in [1.165, 1.54) is 6.07 Å². The first-order chi connectivity index (χ1) is 7.61.